The molecule has 0 radical (unpaired) electrons. The van der Waals surface area contributed by atoms with Crippen molar-refractivity contribution in [3.05, 3.63) is 0 Å². The van der Waals surface area contributed by atoms with Gasteiger partial charge in [-0.25, -0.2) is 10.3 Å². The normalized spacial score (nSPS) is 27.4. The molecule has 3 N–H and O–H groups in total. The lowest BCUT2D eigenvalue weighted by molar-refractivity contribution is 0.000146. The number of aliphatic hydroxyl groups is 1. The first-order valence-corrected chi connectivity index (χ1v) is 8.13. The van der Waals surface area contributed by atoms with Gasteiger partial charge in [0, 0.05) is 6.54 Å². The van der Waals surface area contributed by atoms with Crippen molar-refractivity contribution < 1.29 is 14.7 Å². The molecule has 2 aliphatic carbocycles. The molecule has 0 aliphatic heterocycles. The Hall–Kier alpha value is -0.810. The van der Waals surface area contributed by atoms with Gasteiger partial charge in [0.05, 0.1) is 12.2 Å². The fraction of sp³-hybridized carbons (Fsp3) is 0.933. The molecular weight excluding hydrogens is 256 g/mol. The molecule has 0 aromatic carbocycles. The van der Waals surface area contributed by atoms with Crippen LogP contribution in [-0.4, -0.2) is 29.9 Å². The van der Waals surface area contributed by atoms with Crippen LogP contribution in [0, 0.1) is 5.92 Å². The van der Waals surface area contributed by atoms with E-state index in [2.05, 4.69) is 10.8 Å². The first-order chi connectivity index (χ1) is 9.75. The third-order valence-electron chi connectivity index (χ3n) is 4.53. The molecule has 2 amide bonds. The molecule has 2 rings (SSSR count). The van der Waals surface area contributed by atoms with Crippen molar-refractivity contribution in [2.45, 2.75) is 76.4 Å². The highest BCUT2D eigenvalue weighted by Crippen LogP contribution is 2.27. The lowest BCUT2D eigenvalue weighted by atomic mass is 9.83. The molecule has 2 atom stereocenters. The highest BCUT2D eigenvalue weighted by Gasteiger charge is 2.22. The van der Waals surface area contributed by atoms with E-state index in [0.29, 0.717) is 12.5 Å². The molecule has 0 heterocycles. The van der Waals surface area contributed by atoms with E-state index in [1.807, 2.05) is 0 Å². The SMILES string of the molecule is O=C(NCCCC1CCCCC1O)NOC1CCCC1. The Labute approximate surface area is 121 Å². The molecule has 116 valence electrons. The second kappa shape index (κ2) is 8.47. The Morgan fingerprint density at radius 2 is 1.80 bits per heavy atom. The Morgan fingerprint density at radius 1 is 1.10 bits per heavy atom. The molecule has 0 spiro atoms. The Bertz CT molecular complexity index is 293. The van der Waals surface area contributed by atoms with Gasteiger partial charge in [0.1, 0.15) is 0 Å². The van der Waals surface area contributed by atoms with Crippen molar-refractivity contribution in [1.82, 2.24) is 10.8 Å². The Morgan fingerprint density at radius 3 is 2.55 bits per heavy atom. The fourth-order valence-electron chi connectivity index (χ4n) is 3.27. The largest absolute Gasteiger partial charge is 0.393 e. The zero-order valence-corrected chi connectivity index (χ0v) is 12.3. The Kier molecular flexibility index (Phi) is 6.60. The van der Waals surface area contributed by atoms with Crippen molar-refractivity contribution >= 4 is 6.03 Å². The van der Waals surface area contributed by atoms with E-state index in [0.717, 1.165) is 44.9 Å². The quantitative estimate of drug-likeness (QED) is 0.518. The highest BCUT2D eigenvalue weighted by molar-refractivity contribution is 5.72. The minimum Gasteiger partial charge on any atom is -0.393 e. The number of hydrogen-bond donors (Lipinski definition) is 3. The molecule has 0 aromatic rings. The summed E-state index contributed by atoms with van der Waals surface area (Å²) in [5.41, 5.74) is 2.47. The van der Waals surface area contributed by atoms with E-state index in [1.54, 1.807) is 0 Å². The van der Waals surface area contributed by atoms with Crippen LogP contribution in [0.2, 0.25) is 0 Å². The van der Waals surface area contributed by atoms with Gasteiger partial charge in [-0.05, 0) is 44.4 Å². The summed E-state index contributed by atoms with van der Waals surface area (Å²) in [4.78, 5) is 16.8. The van der Waals surface area contributed by atoms with Gasteiger partial charge in [0.25, 0.3) is 0 Å². The summed E-state index contributed by atoms with van der Waals surface area (Å²) >= 11 is 0. The number of rotatable bonds is 6. The van der Waals surface area contributed by atoms with E-state index < -0.39 is 0 Å². The number of aliphatic hydroxyl groups excluding tert-OH is 1. The number of hydroxylamine groups is 1. The molecule has 0 bridgehead atoms. The van der Waals surface area contributed by atoms with Gasteiger partial charge in [-0.15, -0.1) is 0 Å². The van der Waals surface area contributed by atoms with Crippen molar-refractivity contribution in [3.8, 4) is 0 Å². The zero-order valence-electron chi connectivity index (χ0n) is 12.3. The molecular formula is C15H28N2O3. The average molecular weight is 284 g/mol. The van der Waals surface area contributed by atoms with Crippen LogP contribution in [0.5, 0.6) is 0 Å². The number of carbonyl (C=O) groups excluding carboxylic acids is 1. The van der Waals surface area contributed by atoms with Crippen LogP contribution in [0.4, 0.5) is 4.79 Å². The summed E-state index contributed by atoms with van der Waals surface area (Å²) in [6.45, 7) is 0.642. The van der Waals surface area contributed by atoms with E-state index in [1.165, 1.54) is 19.3 Å². The van der Waals surface area contributed by atoms with Gasteiger partial charge in [0.2, 0.25) is 0 Å². The smallest absolute Gasteiger partial charge is 0.338 e. The molecule has 0 aromatic heterocycles. The van der Waals surface area contributed by atoms with E-state index in [4.69, 9.17) is 4.84 Å². The minimum absolute atomic E-state index is 0.136. The third-order valence-corrected chi connectivity index (χ3v) is 4.53. The first kappa shape index (κ1) is 15.6. The molecule has 2 saturated carbocycles. The van der Waals surface area contributed by atoms with Crippen molar-refractivity contribution in [2.24, 2.45) is 5.92 Å². The summed E-state index contributed by atoms with van der Waals surface area (Å²) in [7, 11) is 0. The van der Waals surface area contributed by atoms with E-state index in [-0.39, 0.29) is 18.2 Å². The summed E-state index contributed by atoms with van der Waals surface area (Å²) in [6, 6.07) is -0.249. The van der Waals surface area contributed by atoms with Crippen molar-refractivity contribution in [1.29, 1.82) is 0 Å². The van der Waals surface area contributed by atoms with Crippen molar-refractivity contribution in [3.63, 3.8) is 0 Å². The lowest BCUT2D eigenvalue weighted by Gasteiger charge is -2.27. The van der Waals surface area contributed by atoms with Gasteiger partial charge in [-0.1, -0.05) is 25.7 Å². The molecule has 2 unspecified atom stereocenters. The predicted molar refractivity (Wildman–Crippen MR) is 77.1 cm³/mol. The minimum atomic E-state index is -0.249. The number of urea groups is 1. The fourth-order valence-corrected chi connectivity index (χ4v) is 3.27. The Balaban J connectivity index is 1.48. The number of carbonyl (C=O) groups is 1. The van der Waals surface area contributed by atoms with Gasteiger partial charge in [-0.3, -0.25) is 4.84 Å². The van der Waals surface area contributed by atoms with Crippen LogP contribution in [0.1, 0.15) is 64.2 Å². The van der Waals surface area contributed by atoms with Gasteiger partial charge in [0.15, 0.2) is 0 Å². The van der Waals surface area contributed by atoms with Crippen LogP contribution in [0.25, 0.3) is 0 Å². The maximum atomic E-state index is 11.5. The molecule has 2 fully saturated rings. The number of nitrogens with one attached hydrogen (secondary N) is 2. The van der Waals surface area contributed by atoms with Crippen molar-refractivity contribution in [2.75, 3.05) is 6.54 Å². The predicted octanol–water partition coefficient (Wildman–Crippen LogP) is 2.49. The third kappa shape index (κ3) is 5.29. The maximum Gasteiger partial charge on any atom is 0.338 e. The number of hydrogen-bond acceptors (Lipinski definition) is 3. The van der Waals surface area contributed by atoms with E-state index >= 15 is 0 Å². The van der Waals surface area contributed by atoms with Crippen LogP contribution < -0.4 is 10.8 Å². The summed E-state index contributed by atoms with van der Waals surface area (Å²) < 4.78 is 0. The molecule has 0 saturated heterocycles. The number of amides is 2. The van der Waals surface area contributed by atoms with Crippen LogP contribution in [0.15, 0.2) is 0 Å². The van der Waals surface area contributed by atoms with Crippen LogP contribution in [-0.2, 0) is 4.84 Å². The highest BCUT2D eigenvalue weighted by atomic mass is 16.7. The molecule has 20 heavy (non-hydrogen) atoms. The zero-order chi connectivity index (χ0) is 14.2. The second-order valence-corrected chi connectivity index (χ2v) is 6.14. The monoisotopic (exact) mass is 284 g/mol. The van der Waals surface area contributed by atoms with E-state index in [9.17, 15) is 9.90 Å². The second-order valence-electron chi connectivity index (χ2n) is 6.14. The summed E-state index contributed by atoms with van der Waals surface area (Å²) in [5.74, 6) is 0.420. The average Bonchev–Trinajstić information content (AvgIpc) is 2.96. The summed E-state index contributed by atoms with van der Waals surface area (Å²) in [6.07, 6.45) is 10.9. The van der Waals surface area contributed by atoms with Crippen LogP contribution >= 0.6 is 0 Å². The summed E-state index contributed by atoms with van der Waals surface area (Å²) in [5, 5.41) is 12.7. The molecule has 5 nitrogen and oxygen atoms in total. The molecule has 2 aliphatic rings. The first-order valence-electron chi connectivity index (χ1n) is 8.13. The topological polar surface area (TPSA) is 70.6 Å². The maximum absolute atomic E-state index is 11.5. The van der Waals surface area contributed by atoms with Gasteiger partial charge in [-0.2, -0.15) is 0 Å². The van der Waals surface area contributed by atoms with Gasteiger partial charge < -0.3 is 10.4 Å². The van der Waals surface area contributed by atoms with Gasteiger partial charge >= 0.3 is 6.03 Å². The standard InChI is InChI=1S/C15H28N2O3/c18-14-10-4-1-6-12(14)7-5-11-16-15(19)17-20-13-8-2-3-9-13/h12-14,18H,1-11H2,(H2,16,17,19). The lowest BCUT2D eigenvalue weighted by Crippen LogP contribution is -2.38. The molecule has 5 heteroatoms. The van der Waals surface area contributed by atoms with Crippen LogP contribution in [0.3, 0.4) is 0 Å².